The van der Waals surface area contributed by atoms with Crippen LogP contribution in [0.4, 0.5) is 13.2 Å². The third kappa shape index (κ3) is 10.1. The van der Waals surface area contributed by atoms with E-state index in [0.717, 1.165) is 0 Å². The highest BCUT2D eigenvalue weighted by atomic mass is 19.4. The summed E-state index contributed by atoms with van der Waals surface area (Å²) in [4.78, 5) is 11.0. The molecule has 0 fully saturated rings. The molecule has 17 heavy (non-hydrogen) atoms. The van der Waals surface area contributed by atoms with Gasteiger partial charge in [0, 0.05) is 13.5 Å². The van der Waals surface area contributed by atoms with Crippen LogP contribution in [0.25, 0.3) is 0 Å². The highest BCUT2D eigenvalue weighted by molar-refractivity contribution is 5.71. The lowest BCUT2D eigenvalue weighted by Crippen LogP contribution is -2.34. The van der Waals surface area contributed by atoms with Gasteiger partial charge >= 0.3 is 12.1 Å². The number of ether oxygens (including phenoxy) is 2. The third-order valence-electron chi connectivity index (χ3n) is 2.11. The molecule has 0 saturated carbocycles. The Labute approximate surface area is 98.5 Å². The second-order valence-electron chi connectivity index (χ2n) is 4.15. The van der Waals surface area contributed by atoms with Gasteiger partial charge in [-0.2, -0.15) is 13.2 Å². The SMILES string of the molecule is COC(C)(C)CCOC(=O)CNCC(F)(F)F. The van der Waals surface area contributed by atoms with Gasteiger partial charge in [0.1, 0.15) is 0 Å². The van der Waals surface area contributed by atoms with Crippen molar-refractivity contribution in [2.75, 3.05) is 26.8 Å². The molecule has 0 unspecified atom stereocenters. The van der Waals surface area contributed by atoms with Crippen molar-refractivity contribution < 1.29 is 27.4 Å². The molecule has 0 saturated heterocycles. The molecule has 0 aromatic heterocycles. The van der Waals surface area contributed by atoms with E-state index in [1.165, 1.54) is 7.11 Å². The van der Waals surface area contributed by atoms with Gasteiger partial charge in [-0.15, -0.1) is 0 Å². The van der Waals surface area contributed by atoms with E-state index in [-0.39, 0.29) is 6.61 Å². The lowest BCUT2D eigenvalue weighted by molar-refractivity contribution is -0.146. The molecule has 7 heteroatoms. The van der Waals surface area contributed by atoms with Crippen LogP contribution in [0.2, 0.25) is 0 Å². The number of alkyl halides is 3. The molecule has 0 aromatic rings. The van der Waals surface area contributed by atoms with E-state index in [1.54, 1.807) is 0 Å². The van der Waals surface area contributed by atoms with Crippen LogP contribution in [-0.2, 0) is 14.3 Å². The number of methoxy groups -OCH3 is 1. The van der Waals surface area contributed by atoms with E-state index in [4.69, 9.17) is 9.47 Å². The van der Waals surface area contributed by atoms with Crippen molar-refractivity contribution in [3.8, 4) is 0 Å². The van der Waals surface area contributed by atoms with Crippen LogP contribution in [0.5, 0.6) is 0 Å². The zero-order valence-corrected chi connectivity index (χ0v) is 10.2. The van der Waals surface area contributed by atoms with Gasteiger partial charge < -0.3 is 9.47 Å². The number of esters is 1. The van der Waals surface area contributed by atoms with Crippen LogP contribution in [0.15, 0.2) is 0 Å². The van der Waals surface area contributed by atoms with E-state index >= 15 is 0 Å². The topological polar surface area (TPSA) is 47.6 Å². The highest BCUT2D eigenvalue weighted by Crippen LogP contribution is 2.13. The minimum atomic E-state index is -4.32. The molecule has 0 spiro atoms. The molecule has 0 bridgehead atoms. The molecule has 102 valence electrons. The van der Waals surface area contributed by atoms with Crippen LogP contribution < -0.4 is 5.32 Å². The van der Waals surface area contributed by atoms with Crippen molar-refractivity contribution in [1.29, 1.82) is 0 Å². The Bertz CT molecular complexity index is 241. The Morgan fingerprint density at radius 1 is 1.29 bits per heavy atom. The minimum Gasteiger partial charge on any atom is -0.465 e. The van der Waals surface area contributed by atoms with Gasteiger partial charge in [-0.25, -0.2) is 0 Å². The van der Waals surface area contributed by atoms with Gasteiger partial charge in [0.2, 0.25) is 0 Å². The zero-order valence-electron chi connectivity index (χ0n) is 10.2. The zero-order chi connectivity index (χ0) is 13.5. The monoisotopic (exact) mass is 257 g/mol. The van der Waals surface area contributed by atoms with Crippen LogP contribution in [0, 0.1) is 0 Å². The van der Waals surface area contributed by atoms with Gasteiger partial charge in [-0.05, 0) is 13.8 Å². The molecule has 1 N–H and O–H groups in total. The Morgan fingerprint density at radius 2 is 1.88 bits per heavy atom. The fourth-order valence-electron chi connectivity index (χ4n) is 0.870. The molecular formula is C10H18F3NO3. The predicted octanol–water partition coefficient (Wildman–Crippen LogP) is 1.50. The first-order chi connectivity index (χ1) is 7.66. The normalized spacial score (nSPS) is 12.6. The largest absolute Gasteiger partial charge is 0.465 e. The summed E-state index contributed by atoms with van der Waals surface area (Å²) >= 11 is 0. The molecular weight excluding hydrogens is 239 g/mol. The Hall–Kier alpha value is -0.820. The molecule has 0 heterocycles. The van der Waals surface area contributed by atoms with Crippen molar-refractivity contribution in [2.45, 2.75) is 32.0 Å². The molecule has 0 amide bonds. The first kappa shape index (κ1) is 16.2. The first-order valence-corrected chi connectivity index (χ1v) is 5.14. The van der Waals surface area contributed by atoms with Crippen LogP contribution >= 0.6 is 0 Å². The fourth-order valence-corrected chi connectivity index (χ4v) is 0.870. The second-order valence-corrected chi connectivity index (χ2v) is 4.15. The van der Waals surface area contributed by atoms with Crippen molar-refractivity contribution in [2.24, 2.45) is 0 Å². The molecule has 0 aliphatic carbocycles. The highest BCUT2D eigenvalue weighted by Gasteiger charge is 2.26. The van der Waals surface area contributed by atoms with E-state index in [0.29, 0.717) is 6.42 Å². The Balaban J connectivity index is 3.61. The minimum absolute atomic E-state index is 0.118. The lowest BCUT2D eigenvalue weighted by atomic mass is 10.1. The number of hydrogen-bond acceptors (Lipinski definition) is 4. The van der Waals surface area contributed by atoms with Gasteiger partial charge in [-0.1, -0.05) is 0 Å². The molecule has 0 aromatic carbocycles. The number of carbonyl (C=O) groups excluding carboxylic acids is 1. The molecule has 0 atom stereocenters. The summed E-state index contributed by atoms with van der Waals surface area (Å²) in [6.45, 7) is 2.11. The maximum atomic E-state index is 11.7. The van der Waals surface area contributed by atoms with Gasteiger partial charge in [-0.3, -0.25) is 10.1 Å². The van der Waals surface area contributed by atoms with E-state index < -0.39 is 30.8 Å². The summed E-state index contributed by atoms with van der Waals surface area (Å²) in [6.07, 6.45) is -3.84. The molecule has 0 aliphatic rings. The number of nitrogens with one attached hydrogen (secondary N) is 1. The van der Waals surface area contributed by atoms with E-state index in [1.807, 2.05) is 19.2 Å². The van der Waals surface area contributed by atoms with Crippen molar-refractivity contribution in [3.05, 3.63) is 0 Å². The van der Waals surface area contributed by atoms with Crippen LogP contribution in [0.3, 0.4) is 0 Å². The average Bonchev–Trinajstić information content (AvgIpc) is 2.15. The molecule has 4 nitrogen and oxygen atoms in total. The lowest BCUT2D eigenvalue weighted by Gasteiger charge is -2.22. The summed E-state index contributed by atoms with van der Waals surface area (Å²) < 4.78 is 45.0. The van der Waals surface area contributed by atoms with E-state index in [9.17, 15) is 18.0 Å². The smallest absolute Gasteiger partial charge is 0.401 e. The number of hydrogen-bond donors (Lipinski definition) is 1. The Kier molecular flexibility index (Phi) is 6.48. The first-order valence-electron chi connectivity index (χ1n) is 5.14. The fraction of sp³-hybridized carbons (Fsp3) is 0.900. The number of rotatable bonds is 7. The van der Waals surface area contributed by atoms with Crippen molar-refractivity contribution in [1.82, 2.24) is 5.32 Å². The molecule has 0 aliphatic heterocycles. The predicted molar refractivity (Wildman–Crippen MR) is 55.6 cm³/mol. The second kappa shape index (κ2) is 6.80. The van der Waals surface area contributed by atoms with Crippen molar-refractivity contribution >= 4 is 5.97 Å². The summed E-state index contributed by atoms with van der Waals surface area (Å²) in [5.41, 5.74) is -0.417. The van der Waals surface area contributed by atoms with Crippen LogP contribution in [-0.4, -0.2) is 44.6 Å². The average molecular weight is 257 g/mol. The molecule has 0 rings (SSSR count). The molecule has 0 radical (unpaired) electrons. The van der Waals surface area contributed by atoms with Gasteiger partial charge in [0.05, 0.1) is 25.3 Å². The number of carbonyl (C=O) groups is 1. The maximum absolute atomic E-state index is 11.7. The Morgan fingerprint density at radius 3 is 2.35 bits per heavy atom. The van der Waals surface area contributed by atoms with Gasteiger partial charge in [0.25, 0.3) is 0 Å². The van der Waals surface area contributed by atoms with Crippen LogP contribution in [0.1, 0.15) is 20.3 Å². The summed E-state index contributed by atoms with van der Waals surface area (Å²) in [5, 5.41) is 1.96. The van der Waals surface area contributed by atoms with Gasteiger partial charge in [0.15, 0.2) is 0 Å². The maximum Gasteiger partial charge on any atom is 0.401 e. The summed E-state index contributed by atoms with van der Waals surface area (Å²) in [5.74, 6) is -0.707. The number of halogens is 3. The standard InChI is InChI=1S/C10H18F3NO3/c1-9(2,16-3)4-5-17-8(15)6-14-7-10(11,12)13/h14H,4-7H2,1-3H3. The van der Waals surface area contributed by atoms with E-state index in [2.05, 4.69) is 0 Å². The quantitative estimate of drug-likeness (QED) is 0.702. The van der Waals surface area contributed by atoms with Crippen molar-refractivity contribution in [3.63, 3.8) is 0 Å². The summed E-state index contributed by atoms with van der Waals surface area (Å²) in [7, 11) is 1.53. The summed E-state index contributed by atoms with van der Waals surface area (Å²) in [6, 6.07) is 0. The third-order valence-corrected chi connectivity index (χ3v) is 2.11.